The summed E-state index contributed by atoms with van der Waals surface area (Å²) in [5, 5.41) is 14.7. The largest absolute Gasteiger partial charge is 0.508 e. The quantitative estimate of drug-likeness (QED) is 0.391. The average molecular weight is 534 g/mol. The molecule has 2 fully saturated rings. The molecule has 6 rings (SSSR count). The van der Waals surface area contributed by atoms with Crippen molar-refractivity contribution in [1.82, 2.24) is 4.57 Å². The first-order valence-corrected chi connectivity index (χ1v) is 13.8. The number of benzene rings is 2. The highest BCUT2D eigenvalue weighted by atomic mass is 35.5. The summed E-state index contributed by atoms with van der Waals surface area (Å²) < 4.78 is 1.62. The van der Waals surface area contributed by atoms with Gasteiger partial charge >= 0.3 is 4.87 Å². The summed E-state index contributed by atoms with van der Waals surface area (Å²) in [6, 6.07) is 12.0. The molecule has 2 aliphatic carbocycles. The predicted octanol–water partition coefficient (Wildman–Crippen LogP) is 6.21. The lowest BCUT2D eigenvalue weighted by molar-refractivity contribution is -0.116. The number of anilines is 1. The summed E-state index contributed by atoms with van der Waals surface area (Å²) in [4.78, 5) is 26.9. The SMILES string of the molecule is O=C(Cn1c2c(sc1=O)[C@@H](c1cccc(Cl)c1Cl)[C@@H]1[C@H]3CC[C@@H](C3)[C@H]1S2)Nc1ccc(O)cc1. The highest BCUT2D eigenvalue weighted by Gasteiger charge is 2.55. The summed E-state index contributed by atoms with van der Waals surface area (Å²) >= 11 is 16.1. The maximum atomic E-state index is 13.2. The van der Waals surface area contributed by atoms with Crippen LogP contribution in [0.25, 0.3) is 0 Å². The molecule has 0 radical (unpaired) electrons. The summed E-state index contributed by atoms with van der Waals surface area (Å²) in [6.07, 6.45) is 3.67. The van der Waals surface area contributed by atoms with E-state index in [1.807, 2.05) is 12.1 Å². The number of halogens is 2. The van der Waals surface area contributed by atoms with Crippen LogP contribution in [0, 0.1) is 17.8 Å². The zero-order valence-electron chi connectivity index (χ0n) is 18.0. The molecule has 1 aromatic heterocycles. The monoisotopic (exact) mass is 532 g/mol. The Kier molecular flexibility index (Phi) is 5.72. The van der Waals surface area contributed by atoms with Crippen LogP contribution in [0.15, 0.2) is 52.3 Å². The molecule has 176 valence electrons. The smallest absolute Gasteiger partial charge is 0.308 e. The Morgan fingerprint density at radius 1 is 1.12 bits per heavy atom. The number of fused-ring (bicyclic) bond motifs is 6. The van der Waals surface area contributed by atoms with Gasteiger partial charge < -0.3 is 10.4 Å². The molecular formula is C25H22Cl2N2O3S2. The molecule has 2 heterocycles. The molecule has 0 saturated heterocycles. The van der Waals surface area contributed by atoms with Crippen molar-refractivity contribution in [3.63, 3.8) is 0 Å². The molecule has 3 aromatic rings. The third kappa shape index (κ3) is 3.68. The molecule has 2 N–H and O–H groups in total. The van der Waals surface area contributed by atoms with E-state index in [-0.39, 0.29) is 29.0 Å². The van der Waals surface area contributed by atoms with Gasteiger partial charge in [0, 0.05) is 21.7 Å². The van der Waals surface area contributed by atoms with Gasteiger partial charge in [-0.15, -0.1) is 11.8 Å². The molecule has 2 bridgehead atoms. The summed E-state index contributed by atoms with van der Waals surface area (Å²) in [5.74, 6) is 1.54. The van der Waals surface area contributed by atoms with Crippen LogP contribution in [0.2, 0.25) is 10.0 Å². The van der Waals surface area contributed by atoms with E-state index < -0.39 is 0 Å². The van der Waals surface area contributed by atoms with Crippen molar-refractivity contribution in [2.24, 2.45) is 17.8 Å². The van der Waals surface area contributed by atoms with Gasteiger partial charge in [-0.1, -0.05) is 46.7 Å². The van der Waals surface area contributed by atoms with Crippen molar-refractivity contribution in [3.8, 4) is 5.75 Å². The van der Waals surface area contributed by atoms with Crippen molar-refractivity contribution in [3.05, 3.63) is 72.6 Å². The van der Waals surface area contributed by atoms with E-state index in [0.717, 1.165) is 15.5 Å². The normalized spacial score (nSPS) is 26.8. The molecule has 0 spiro atoms. The van der Waals surface area contributed by atoms with E-state index in [0.29, 0.717) is 38.7 Å². The first-order valence-electron chi connectivity index (χ1n) is 11.3. The summed E-state index contributed by atoms with van der Waals surface area (Å²) in [7, 11) is 0. The van der Waals surface area contributed by atoms with Gasteiger partial charge in [-0.2, -0.15) is 0 Å². The minimum Gasteiger partial charge on any atom is -0.508 e. The third-order valence-corrected chi connectivity index (χ3v) is 11.1. The Bertz CT molecular complexity index is 1340. The minimum atomic E-state index is -0.276. The minimum absolute atomic E-state index is 0.0156. The van der Waals surface area contributed by atoms with Gasteiger partial charge in [0.2, 0.25) is 5.91 Å². The summed E-state index contributed by atoms with van der Waals surface area (Å²) in [5.41, 5.74) is 1.56. The number of phenolic OH excluding ortho intramolecular Hbond substituents is 1. The van der Waals surface area contributed by atoms with Crippen LogP contribution in [-0.4, -0.2) is 20.8 Å². The number of carbonyl (C=O) groups excluding carboxylic acids is 1. The van der Waals surface area contributed by atoms with E-state index in [1.54, 1.807) is 34.5 Å². The number of carbonyl (C=O) groups is 1. The molecule has 9 heteroatoms. The van der Waals surface area contributed by atoms with Crippen LogP contribution in [0.5, 0.6) is 5.75 Å². The lowest BCUT2D eigenvalue weighted by atomic mass is 9.75. The molecule has 3 aliphatic rings. The van der Waals surface area contributed by atoms with Gasteiger partial charge in [0.1, 0.15) is 12.3 Å². The fourth-order valence-corrected chi connectivity index (χ4v) is 9.65. The number of amides is 1. The van der Waals surface area contributed by atoms with Crippen LogP contribution in [0.1, 0.15) is 35.6 Å². The topological polar surface area (TPSA) is 71.3 Å². The highest BCUT2D eigenvalue weighted by molar-refractivity contribution is 8.00. The van der Waals surface area contributed by atoms with Crippen LogP contribution >= 0.6 is 46.3 Å². The van der Waals surface area contributed by atoms with Gasteiger partial charge in [-0.05, 0) is 72.9 Å². The van der Waals surface area contributed by atoms with Crippen molar-refractivity contribution in [2.75, 3.05) is 5.32 Å². The van der Waals surface area contributed by atoms with E-state index in [4.69, 9.17) is 23.2 Å². The van der Waals surface area contributed by atoms with Crippen molar-refractivity contribution in [2.45, 2.75) is 42.0 Å². The number of thioether (sulfide) groups is 1. The maximum Gasteiger partial charge on any atom is 0.308 e. The van der Waals surface area contributed by atoms with Gasteiger partial charge in [-0.3, -0.25) is 14.2 Å². The Labute approximate surface area is 215 Å². The predicted molar refractivity (Wildman–Crippen MR) is 138 cm³/mol. The van der Waals surface area contributed by atoms with Gasteiger partial charge in [-0.25, -0.2) is 0 Å². The fraction of sp³-hybridized carbons (Fsp3) is 0.360. The molecule has 5 nitrogen and oxygen atoms in total. The third-order valence-electron chi connectivity index (χ3n) is 7.46. The Morgan fingerprint density at radius 3 is 2.68 bits per heavy atom. The van der Waals surface area contributed by atoms with E-state index >= 15 is 0 Å². The van der Waals surface area contributed by atoms with Gasteiger partial charge in [0.15, 0.2) is 0 Å². The van der Waals surface area contributed by atoms with Crippen LogP contribution in [-0.2, 0) is 11.3 Å². The number of aromatic hydroxyl groups is 1. The number of thiazole rings is 1. The Balaban J connectivity index is 1.39. The molecule has 2 saturated carbocycles. The van der Waals surface area contributed by atoms with Crippen LogP contribution in [0.3, 0.4) is 0 Å². The molecule has 5 atom stereocenters. The molecule has 1 amide bonds. The second kappa shape index (κ2) is 8.63. The number of nitrogens with one attached hydrogen (secondary N) is 1. The van der Waals surface area contributed by atoms with Crippen molar-refractivity contribution < 1.29 is 9.90 Å². The first kappa shape index (κ1) is 22.5. The second-order valence-corrected chi connectivity index (χ2v) is 12.3. The number of phenols is 1. The number of aromatic nitrogens is 1. The zero-order chi connectivity index (χ0) is 23.6. The Morgan fingerprint density at radius 2 is 1.88 bits per heavy atom. The molecule has 34 heavy (non-hydrogen) atoms. The number of rotatable bonds is 4. The standard InChI is InChI=1S/C25H22Cl2N2O3S2/c26-17-3-1-2-16(21(17)27)20-19-12-4-5-13(10-12)22(19)33-24-23(20)34-25(32)29(24)11-18(31)28-14-6-8-15(30)9-7-14/h1-3,6-9,12-13,19-20,22,30H,4-5,10-11H2,(H,28,31)/t12-,13-,19-,20-,22+/m0/s1. The lowest BCUT2D eigenvalue weighted by Crippen LogP contribution is -2.35. The number of nitrogens with zero attached hydrogens (tertiary/aromatic N) is 1. The maximum absolute atomic E-state index is 13.2. The second-order valence-electron chi connectivity index (χ2n) is 9.33. The van der Waals surface area contributed by atoms with Crippen molar-refractivity contribution >= 4 is 57.9 Å². The first-order chi connectivity index (χ1) is 16.4. The Hall–Kier alpha value is -1.93. The van der Waals surface area contributed by atoms with E-state index in [2.05, 4.69) is 5.32 Å². The summed E-state index contributed by atoms with van der Waals surface area (Å²) in [6.45, 7) is -0.0555. The number of hydrogen-bond donors (Lipinski definition) is 2. The van der Waals surface area contributed by atoms with Crippen molar-refractivity contribution in [1.29, 1.82) is 0 Å². The molecule has 1 aliphatic heterocycles. The van der Waals surface area contributed by atoms with Gasteiger partial charge in [0.05, 0.1) is 15.1 Å². The van der Waals surface area contributed by atoms with Gasteiger partial charge in [0.25, 0.3) is 0 Å². The fourth-order valence-electron chi connectivity index (χ4n) is 6.08. The highest BCUT2D eigenvalue weighted by Crippen LogP contribution is 2.64. The zero-order valence-corrected chi connectivity index (χ0v) is 21.2. The molecular weight excluding hydrogens is 511 g/mol. The van der Waals surface area contributed by atoms with E-state index in [9.17, 15) is 14.7 Å². The molecule has 2 aromatic carbocycles. The van der Waals surface area contributed by atoms with Crippen LogP contribution < -0.4 is 10.2 Å². The average Bonchev–Trinajstić information content (AvgIpc) is 3.51. The lowest BCUT2D eigenvalue weighted by Gasteiger charge is -2.40. The number of hydrogen-bond acceptors (Lipinski definition) is 5. The van der Waals surface area contributed by atoms with Crippen LogP contribution in [0.4, 0.5) is 5.69 Å². The molecule has 0 unspecified atom stereocenters. The van der Waals surface area contributed by atoms with E-state index in [1.165, 1.54) is 42.7 Å².